The highest BCUT2D eigenvalue weighted by Gasteiger charge is 2.41. The average molecular weight is 205 g/mol. The summed E-state index contributed by atoms with van der Waals surface area (Å²) >= 11 is 4.95. The molecule has 0 bridgehead atoms. The van der Waals surface area contributed by atoms with Crippen molar-refractivity contribution in [2.75, 3.05) is 6.54 Å². The van der Waals surface area contributed by atoms with Crippen LogP contribution in [-0.4, -0.2) is 39.6 Å². The Kier molecular flexibility index (Phi) is 2.33. The molecular weight excluding hydrogens is 200 g/mol. The van der Waals surface area contributed by atoms with E-state index in [1.165, 1.54) is 0 Å². The van der Waals surface area contributed by atoms with E-state index < -0.39 is 29.8 Å². The summed E-state index contributed by atoms with van der Waals surface area (Å²) in [6.07, 6.45) is 0. The van der Waals surface area contributed by atoms with E-state index in [9.17, 15) is 19.2 Å². The van der Waals surface area contributed by atoms with Gasteiger partial charge in [0.2, 0.25) is 5.91 Å². The molecular formula is C6H5ClN2O4. The molecule has 1 aliphatic heterocycles. The summed E-state index contributed by atoms with van der Waals surface area (Å²) < 4.78 is 0. The van der Waals surface area contributed by atoms with Crippen LogP contribution in [0.15, 0.2) is 0 Å². The van der Waals surface area contributed by atoms with Crippen molar-refractivity contribution in [2.45, 2.75) is 6.92 Å². The lowest BCUT2D eigenvalue weighted by Gasteiger charge is -2.09. The summed E-state index contributed by atoms with van der Waals surface area (Å²) in [5.41, 5.74) is 0. The van der Waals surface area contributed by atoms with Gasteiger partial charge in [0.25, 0.3) is 5.91 Å². The van der Waals surface area contributed by atoms with Crippen molar-refractivity contribution in [3.63, 3.8) is 0 Å². The molecule has 1 saturated heterocycles. The number of urea groups is 1. The SMILES string of the molecule is CC(=O)N1CC(=O)N(C(=O)Cl)C1=O. The maximum Gasteiger partial charge on any atom is 0.341 e. The number of carbonyl (C=O) groups excluding carboxylic acids is 4. The largest absolute Gasteiger partial charge is 0.341 e. The van der Waals surface area contributed by atoms with Crippen LogP contribution in [0.5, 0.6) is 0 Å². The molecule has 5 amide bonds. The van der Waals surface area contributed by atoms with Gasteiger partial charge in [-0.2, -0.15) is 4.90 Å². The Balaban J connectivity index is 2.94. The fraction of sp³-hybridized carbons (Fsp3) is 0.333. The maximum absolute atomic E-state index is 11.1. The van der Waals surface area contributed by atoms with Crippen LogP contribution in [0.4, 0.5) is 9.59 Å². The highest BCUT2D eigenvalue weighted by molar-refractivity contribution is 6.65. The highest BCUT2D eigenvalue weighted by Crippen LogP contribution is 2.12. The third-order valence-electron chi connectivity index (χ3n) is 1.52. The quantitative estimate of drug-likeness (QED) is 0.320. The molecule has 0 aliphatic carbocycles. The van der Waals surface area contributed by atoms with E-state index in [1.807, 2.05) is 0 Å². The second-order valence-corrected chi connectivity index (χ2v) is 2.69. The monoisotopic (exact) mass is 204 g/mol. The van der Waals surface area contributed by atoms with Crippen molar-refractivity contribution in [2.24, 2.45) is 0 Å². The zero-order valence-electron chi connectivity index (χ0n) is 6.61. The molecule has 0 N–H and O–H groups in total. The van der Waals surface area contributed by atoms with E-state index in [0.717, 1.165) is 6.92 Å². The van der Waals surface area contributed by atoms with Crippen LogP contribution in [0.2, 0.25) is 0 Å². The van der Waals surface area contributed by atoms with Gasteiger partial charge in [-0.25, -0.2) is 4.79 Å². The fourth-order valence-electron chi connectivity index (χ4n) is 0.920. The Hall–Kier alpha value is -1.43. The number of hydrogen-bond donors (Lipinski definition) is 0. The van der Waals surface area contributed by atoms with Crippen LogP contribution in [0.3, 0.4) is 0 Å². The topological polar surface area (TPSA) is 74.8 Å². The Labute approximate surface area is 78.0 Å². The number of hydrogen-bond acceptors (Lipinski definition) is 4. The van der Waals surface area contributed by atoms with Gasteiger partial charge in [-0.15, -0.1) is 0 Å². The predicted octanol–water partition coefficient (Wildman–Crippen LogP) is 0.156. The van der Waals surface area contributed by atoms with Crippen LogP contribution >= 0.6 is 11.6 Å². The zero-order chi connectivity index (χ0) is 10.2. The number of carbonyl (C=O) groups is 4. The summed E-state index contributed by atoms with van der Waals surface area (Å²) in [4.78, 5) is 44.2. The Morgan fingerprint density at radius 2 is 1.92 bits per heavy atom. The molecule has 1 heterocycles. The van der Waals surface area contributed by atoms with Gasteiger partial charge >= 0.3 is 11.4 Å². The number of rotatable bonds is 0. The van der Waals surface area contributed by atoms with E-state index in [4.69, 9.17) is 11.6 Å². The lowest BCUT2D eigenvalue weighted by molar-refractivity contribution is -0.129. The molecule has 0 saturated carbocycles. The molecule has 1 rings (SSSR count). The van der Waals surface area contributed by atoms with Gasteiger partial charge in [0.1, 0.15) is 6.54 Å². The lowest BCUT2D eigenvalue weighted by Crippen LogP contribution is -2.36. The molecule has 1 fully saturated rings. The van der Waals surface area contributed by atoms with Gasteiger partial charge in [-0.1, -0.05) is 0 Å². The molecule has 0 atom stereocenters. The van der Waals surface area contributed by atoms with E-state index in [1.54, 1.807) is 0 Å². The summed E-state index contributed by atoms with van der Waals surface area (Å²) in [6, 6.07) is -0.988. The molecule has 7 heteroatoms. The van der Waals surface area contributed by atoms with Gasteiger partial charge in [0.15, 0.2) is 0 Å². The summed E-state index contributed by atoms with van der Waals surface area (Å²) in [5.74, 6) is -1.39. The summed E-state index contributed by atoms with van der Waals surface area (Å²) in [7, 11) is 0. The molecule has 0 aromatic heterocycles. The first-order valence-corrected chi connectivity index (χ1v) is 3.67. The van der Waals surface area contributed by atoms with Gasteiger partial charge in [0, 0.05) is 6.92 Å². The van der Waals surface area contributed by atoms with Crippen LogP contribution in [0, 0.1) is 0 Å². The molecule has 70 valence electrons. The highest BCUT2D eigenvalue weighted by atomic mass is 35.5. The standard InChI is InChI=1S/C6H5ClN2O4/c1-3(10)8-2-4(11)9(5(7)12)6(8)13/h2H2,1H3. The summed E-state index contributed by atoms with van der Waals surface area (Å²) in [5, 5.41) is -1.20. The molecule has 0 spiro atoms. The first-order chi connectivity index (χ1) is 5.95. The van der Waals surface area contributed by atoms with Crippen molar-refractivity contribution in [3.05, 3.63) is 0 Å². The minimum Gasteiger partial charge on any atom is -0.275 e. The average Bonchev–Trinajstić information content (AvgIpc) is 2.26. The van der Waals surface area contributed by atoms with Gasteiger partial charge in [-0.3, -0.25) is 19.3 Å². The smallest absolute Gasteiger partial charge is 0.275 e. The maximum atomic E-state index is 11.1. The Morgan fingerprint density at radius 3 is 2.15 bits per heavy atom. The molecule has 0 aromatic carbocycles. The molecule has 6 nitrogen and oxygen atoms in total. The molecule has 0 unspecified atom stereocenters. The van der Waals surface area contributed by atoms with Crippen LogP contribution < -0.4 is 0 Å². The molecule has 0 aromatic rings. The first-order valence-electron chi connectivity index (χ1n) is 3.29. The fourth-order valence-corrected chi connectivity index (χ4v) is 1.09. The van der Waals surface area contributed by atoms with Crippen molar-refractivity contribution < 1.29 is 19.2 Å². The van der Waals surface area contributed by atoms with E-state index in [-0.39, 0.29) is 4.90 Å². The minimum atomic E-state index is -1.20. The molecule has 0 radical (unpaired) electrons. The van der Waals surface area contributed by atoms with Gasteiger partial charge < -0.3 is 0 Å². The Bertz CT molecular complexity index is 314. The first kappa shape index (κ1) is 9.66. The third kappa shape index (κ3) is 1.52. The lowest BCUT2D eigenvalue weighted by atomic mass is 10.5. The van der Waals surface area contributed by atoms with Gasteiger partial charge in [0.05, 0.1) is 0 Å². The number of imide groups is 4. The van der Waals surface area contributed by atoms with Gasteiger partial charge in [-0.05, 0) is 11.6 Å². The van der Waals surface area contributed by atoms with E-state index >= 15 is 0 Å². The number of halogens is 1. The molecule has 13 heavy (non-hydrogen) atoms. The second kappa shape index (κ2) is 3.14. The van der Waals surface area contributed by atoms with Crippen molar-refractivity contribution in [3.8, 4) is 0 Å². The van der Waals surface area contributed by atoms with Crippen molar-refractivity contribution in [1.82, 2.24) is 9.80 Å². The van der Waals surface area contributed by atoms with E-state index in [0.29, 0.717) is 4.90 Å². The molecule has 1 aliphatic rings. The van der Waals surface area contributed by atoms with Crippen molar-refractivity contribution >= 4 is 34.8 Å². The third-order valence-corrected chi connectivity index (χ3v) is 1.69. The summed E-state index contributed by atoms with van der Waals surface area (Å²) in [6.45, 7) is 0.694. The predicted molar refractivity (Wildman–Crippen MR) is 40.9 cm³/mol. The number of nitrogens with zero attached hydrogens (tertiary/aromatic N) is 2. The van der Waals surface area contributed by atoms with Crippen LogP contribution in [0.1, 0.15) is 6.92 Å². The van der Waals surface area contributed by atoms with E-state index in [2.05, 4.69) is 0 Å². The van der Waals surface area contributed by atoms with Crippen LogP contribution in [0.25, 0.3) is 0 Å². The zero-order valence-corrected chi connectivity index (χ0v) is 7.37. The Morgan fingerprint density at radius 1 is 1.38 bits per heavy atom. The van der Waals surface area contributed by atoms with Crippen molar-refractivity contribution in [1.29, 1.82) is 0 Å². The second-order valence-electron chi connectivity index (χ2n) is 2.37. The minimum absolute atomic E-state index is 0.225. The normalized spacial score (nSPS) is 16.8. The number of amides is 5. The van der Waals surface area contributed by atoms with Crippen LogP contribution in [-0.2, 0) is 9.59 Å².